The van der Waals surface area contributed by atoms with Crippen LogP contribution in [-0.4, -0.2) is 11.6 Å². The molecule has 0 saturated carbocycles. The van der Waals surface area contributed by atoms with Gasteiger partial charge in [0.25, 0.3) is 0 Å². The van der Waals surface area contributed by atoms with Crippen molar-refractivity contribution in [2.75, 3.05) is 6.61 Å². The van der Waals surface area contributed by atoms with E-state index < -0.39 is 0 Å². The zero-order chi connectivity index (χ0) is 10.7. The molecule has 78 valence electrons. The molecule has 1 aromatic carbocycles. The van der Waals surface area contributed by atoms with Crippen LogP contribution < -0.4 is 4.74 Å². The number of rotatable bonds is 3. The molecule has 1 N–H and O–H groups in total. The van der Waals surface area contributed by atoms with Gasteiger partial charge in [0.15, 0.2) is 3.95 Å². The van der Waals surface area contributed by atoms with Crippen LogP contribution in [0.25, 0.3) is 11.3 Å². The van der Waals surface area contributed by atoms with Crippen molar-refractivity contribution in [1.82, 2.24) is 4.98 Å². The summed E-state index contributed by atoms with van der Waals surface area (Å²) in [6.07, 6.45) is 0. The quantitative estimate of drug-likeness (QED) is 0.820. The van der Waals surface area contributed by atoms with Crippen LogP contribution >= 0.6 is 23.6 Å². The van der Waals surface area contributed by atoms with Crippen molar-refractivity contribution in [1.29, 1.82) is 0 Å². The molecular weight excluding hydrogens is 226 g/mol. The van der Waals surface area contributed by atoms with Crippen LogP contribution in [0.1, 0.15) is 6.92 Å². The maximum atomic E-state index is 5.37. The average Bonchev–Trinajstić information content (AvgIpc) is 2.67. The van der Waals surface area contributed by atoms with E-state index in [-0.39, 0.29) is 0 Å². The van der Waals surface area contributed by atoms with Gasteiger partial charge in [0.2, 0.25) is 0 Å². The summed E-state index contributed by atoms with van der Waals surface area (Å²) in [5.74, 6) is 0.898. The molecule has 0 aliphatic carbocycles. The highest BCUT2D eigenvalue weighted by Gasteiger charge is 1.99. The minimum Gasteiger partial charge on any atom is -0.494 e. The summed E-state index contributed by atoms with van der Waals surface area (Å²) in [6.45, 7) is 2.67. The van der Waals surface area contributed by atoms with Gasteiger partial charge in [-0.05, 0) is 49.0 Å². The molecule has 15 heavy (non-hydrogen) atoms. The second-order valence-corrected chi connectivity index (χ2v) is 4.57. The predicted molar refractivity (Wildman–Crippen MR) is 66.1 cm³/mol. The van der Waals surface area contributed by atoms with E-state index >= 15 is 0 Å². The van der Waals surface area contributed by atoms with Crippen LogP contribution in [0.2, 0.25) is 0 Å². The number of aromatic nitrogens is 1. The fourth-order valence-electron chi connectivity index (χ4n) is 1.32. The topological polar surface area (TPSA) is 25.0 Å². The van der Waals surface area contributed by atoms with Crippen LogP contribution in [0.4, 0.5) is 0 Å². The molecule has 0 aliphatic heterocycles. The van der Waals surface area contributed by atoms with Crippen molar-refractivity contribution in [2.45, 2.75) is 6.92 Å². The number of nitrogens with one attached hydrogen (secondary N) is 1. The van der Waals surface area contributed by atoms with Gasteiger partial charge in [0.1, 0.15) is 5.75 Å². The van der Waals surface area contributed by atoms with E-state index in [0.717, 1.165) is 21.0 Å². The molecule has 1 aromatic heterocycles. The summed E-state index contributed by atoms with van der Waals surface area (Å²) in [4.78, 5) is 3.14. The molecule has 4 heteroatoms. The van der Waals surface area contributed by atoms with E-state index in [1.807, 2.05) is 36.6 Å². The van der Waals surface area contributed by atoms with Crippen LogP contribution in [0.3, 0.4) is 0 Å². The molecule has 0 bridgehead atoms. The third-order valence-corrected chi connectivity index (χ3v) is 3.06. The number of benzene rings is 1. The molecule has 0 saturated heterocycles. The normalized spacial score (nSPS) is 10.2. The Morgan fingerprint density at radius 1 is 1.33 bits per heavy atom. The Morgan fingerprint density at radius 2 is 2.07 bits per heavy atom. The molecule has 1 heterocycles. The van der Waals surface area contributed by atoms with Crippen molar-refractivity contribution in [3.8, 4) is 17.0 Å². The molecule has 0 aliphatic rings. The van der Waals surface area contributed by atoms with Gasteiger partial charge in [-0.2, -0.15) is 0 Å². The van der Waals surface area contributed by atoms with Crippen molar-refractivity contribution in [3.63, 3.8) is 0 Å². The second-order valence-electron chi connectivity index (χ2n) is 3.02. The lowest BCUT2D eigenvalue weighted by atomic mass is 10.2. The van der Waals surface area contributed by atoms with E-state index in [1.165, 1.54) is 0 Å². The van der Waals surface area contributed by atoms with Crippen molar-refractivity contribution < 1.29 is 4.74 Å². The van der Waals surface area contributed by atoms with E-state index in [0.29, 0.717) is 6.61 Å². The molecule has 2 rings (SSSR count). The molecular formula is C11H11NOS2. The van der Waals surface area contributed by atoms with Crippen molar-refractivity contribution in [2.24, 2.45) is 0 Å². The van der Waals surface area contributed by atoms with Gasteiger partial charge >= 0.3 is 0 Å². The molecule has 0 radical (unpaired) electrons. The number of thiazole rings is 1. The number of ether oxygens (including phenoxy) is 1. The summed E-state index contributed by atoms with van der Waals surface area (Å²) in [5.41, 5.74) is 2.19. The minimum absolute atomic E-state index is 0.695. The molecule has 0 atom stereocenters. The van der Waals surface area contributed by atoms with Crippen LogP contribution in [0.15, 0.2) is 29.6 Å². The lowest BCUT2D eigenvalue weighted by molar-refractivity contribution is 0.340. The van der Waals surface area contributed by atoms with Crippen LogP contribution in [-0.2, 0) is 0 Å². The summed E-state index contributed by atoms with van der Waals surface area (Å²) in [6, 6.07) is 7.98. The maximum absolute atomic E-state index is 5.37. The maximum Gasteiger partial charge on any atom is 0.158 e. The monoisotopic (exact) mass is 237 g/mol. The fourth-order valence-corrected chi connectivity index (χ4v) is 2.16. The summed E-state index contributed by atoms with van der Waals surface area (Å²) >= 11 is 6.58. The Balaban J connectivity index is 2.27. The highest BCUT2D eigenvalue weighted by atomic mass is 32.1. The SMILES string of the molecule is CCOc1ccc(-c2csc(=S)[nH]2)cc1. The number of H-pyrrole nitrogens is 1. The van der Waals surface area contributed by atoms with Crippen molar-refractivity contribution >= 4 is 23.6 Å². The van der Waals surface area contributed by atoms with Gasteiger partial charge in [0.05, 0.1) is 12.3 Å². The van der Waals surface area contributed by atoms with Gasteiger partial charge < -0.3 is 9.72 Å². The molecule has 0 spiro atoms. The number of hydrogen-bond acceptors (Lipinski definition) is 3. The van der Waals surface area contributed by atoms with E-state index in [4.69, 9.17) is 17.0 Å². The second kappa shape index (κ2) is 4.59. The van der Waals surface area contributed by atoms with Gasteiger partial charge in [0, 0.05) is 5.38 Å². The fraction of sp³-hybridized carbons (Fsp3) is 0.182. The third kappa shape index (κ3) is 2.46. The lowest BCUT2D eigenvalue weighted by Gasteiger charge is -2.03. The van der Waals surface area contributed by atoms with Gasteiger partial charge in [-0.15, -0.1) is 11.3 Å². The van der Waals surface area contributed by atoms with E-state index in [9.17, 15) is 0 Å². The summed E-state index contributed by atoms with van der Waals surface area (Å²) in [7, 11) is 0. The first kappa shape index (κ1) is 10.4. The van der Waals surface area contributed by atoms with E-state index in [1.54, 1.807) is 11.3 Å². The lowest BCUT2D eigenvalue weighted by Crippen LogP contribution is -1.90. The molecule has 0 unspecified atom stereocenters. The zero-order valence-electron chi connectivity index (χ0n) is 8.32. The molecule has 2 nitrogen and oxygen atoms in total. The Morgan fingerprint density at radius 3 is 2.60 bits per heavy atom. The summed E-state index contributed by atoms with van der Waals surface area (Å²) in [5, 5.41) is 2.03. The Kier molecular flexibility index (Phi) is 3.18. The third-order valence-electron chi connectivity index (χ3n) is 2.00. The minimum atomic E-state index is 0.695. The first-order valence-corrected chi connectivity index (χ1v) is 5.99. The molecule has 2 aromatic rings. The average molecular weight is 237 g/mol. The molecule has 0 amide bonds. The highest BCUT2D eigenvalue weighted by molar-refractivity contribution is 7.73. The standard InChI is InChI=1S/C11H11NOS2/c1-2-13-9-5-3-8(4-6-9)10-7-15-11(14)12-10/h3-7H,2H2,1H3,(H,12,14). The van der Waals surface area contributed by atoms with Crippen LogP contribution in [0, 0.1) is 3.95 Å². The predicted octanol–water partition coefficient (Wildman–Crippen LogP) is 3.87. The van der Waals surface area contributed by atoms with Crippen LogP contribution in [0.5, 0.6) is 5.75 Å². The Hall–Kier alpha value is -1.13. The number of hydrogen-bond donors (Lipinski definition) is 1. The first-order chi connectivity index (χ1) is 7.29. The largest absolute Gasteiger partial charge is 0.494 e. The Bertz CT molecular complexity index is 484. The highest BCUT2D eigenvalue weighted by Crippen LogP contribution is 2.22. The van der Waals surface area contributed by atoms with Crippen molar-refractivity contribution in [3.05, 3.63) is 33.6 Å². The Labute approximate surface area is 97.6 Å². The number of aromatic amines is 1. The molecule has 0 fully saturated rings. The smallest absolute Gasteiger partial charge is 0.158 e. The zero-order valence-corrected chi connectivity index (χ0v) is 9.95. The first-order valence-electron chi connectivity index (χ1n) is 4.70. The van der Waals surface area contributed by atoms with E-state index in [2.05, 4.69) is 4.98 Å². The van der Waals surface area contributed by atoms with Gasteiger partial charge in [-0.1, -0.05) is 0 Å². The van der Waals surface area contributed by atoms with Gasteiger partial charge in [-0.25, -0.2) is 0 Å². The summed E-state index contributed by atoms with van der Waals surface area (Å²) < 4.78 is 6.18. The van der Waals surface area contributed by atoms with Gasteiger partial charge in [-0.3, -0.25) is 0 Å².